The molecule has 0 atom stereocenters. The van der Waals surface area contributed by atoms with Gasteiger partial charge in [-0.3, -0.25) is 4.79 Å². The number of amides is 1. The standard InChI is InChI=1S/C17H24N6O2/c1-25-10-9-22-7-4-14(5-8-22)11-20-17(24)15-3-2-6-19-16(15)23-13-18-12-21-23/h2-3,6,12-14H,4-5,7-11H2,1H3,(H,20,24). The van der Waals surface area contributed by atoms with Crippen molar-refractivity contribution in [1.29, 1.82) is 0 Å². The second-order valence-electron chi connectivity index (χ2n) is 6.20. The first-order chi connectivity index (χ1) is 12.3. The molecule has 0 spiro atoms. The molecular formula is C17H24N6O2. The number of methoxy groups -OCH3 is 1. The Morgan fingerprint density at radius 1 is 1.40 bits per heavy atom. The van der Waals surface area contributed by atoms with E-state index in [0.29, 0.717) is 23.8 Å². The minimum atomic E-state index is -0.125. The summed E-state index contributed by atoms with van der Waals surface area (Å²) in [6, 6.07) is 3.51. The first-order valence-corrected chi connectivity index (χ1v) is 8.57. The lowest BCUT2D eigenvalue weighted by molar-refractivity contribution is 0.0925. The number of piperidine rings is 1. The van der Waals surface area contributed by atoms with Gasteiger partial charge in [0.25, 0.3) is 5.91 Å². The van der Waals surface area contributed by atoms with Crippen molar-refractivity contribution >= 4 is 5.91 Å². The second-order valence-corrected chi connectivity index (χ2v) is 6.20. The zero-order valence-electron chi connectivity index (χ0n) is 14.5. The van der Waals surface area contributed by atoms with E-state index in [1.807, 2.05) is 0 Å². The summed E-state index contributed by atoms with van der Waals surface area (Å²) in [6.07, 6.45) is 6.78. The van der Waals surface area contributed by atoms with E-state index in [1.54, 1.807) is 25.4 Å². The van der Waals surface area contributed by atoms with Crippen LogP contribution in [0.25, 0.3) is 5.82 Å². The lowest BCUT2D eigenvalue weighted by Crippen LogP contribution is -2.40. The van der Waals surface area contributed by atoms with E-state index < -0.39 is 0 Å². The van der Waals surface area contributed by atoms with Gasteiger partial charge in [0.2, 0.25) is 0 Å². The fourth-order valence-electron chi connectivity index (χ4n) is 3.04. The van der Waals surface area contributed by atoms with Crippen LogP contribution in [0, 0.1) is 5.92 Å². The van der Waals surface area contributed by atoms with Crippen molar-refractivity contribution in [3.8, 4) is 5.82 Å². The summed E-state index contributed by atoms with van der Waals surface area (Å²) >= 11 is 0. The highest BCUT2D eigenvalue weighted by Gasteiger charge is 2.20. The van der Waals surface area contributed by atoms with Crippen LogP contribution < -0.4 is 5.32 Å². The van der Waals surface area contributed by atoms with Gasteiger partial charge < -0.3 is 15.0 Å². The number of ether oxygens (including phenoxy) is 1. The Hall–Kier alpha value is -2.32. The third kappa shape index (κ3) is 4.61. The average molecular weight is 344 g/mol. The molecule has 8 nitrogen and oxygen atoms in total. The molecular weight excluding hydrogens is 320 g/mol. The van der Waals surface area contributed by atoms with Gasteiger partial charge >= 0.3 is 0 Å². The van der Waals surface area contributed by atoms with Gasteiger partial charge in [0.1, 0.15) is 12.7 Å². The molecule has 1 N–H and O–H groups in total. The van der Waals surface area contributed by atoms with Gasteiger partial charge in [0.05, 0.1) is 12.2 Å². The summed E-state index contributed by atoms with van der Waals surface area (Å²) in [6.45, 7) is 4.55. The number of pyridine rings is 1. The van der Waals surface area contributed by atoms with Crippen LogP contribution in [0.1, 0.15) is 23.2 Å². The number of nitrogens with one attached hydrogen (secondary N) is 1. The van der Waals surface area contributed by atoms with E-state index in [0.717, 1.165) is 39.1 Å². The summed E-state index contributed by atoms with van der Waals surface area (Å²) in [5.74, 6) is 0.876. The molecule has 1 fully saturated rings. The minimum absolute atomic E-state index is 0.125. The van der Waals surface area contributed by atoms with Crippen LogP contribution >= 0.6 is 0 Å². The summed E-state index contributed by atoms with van der Waals surface area (Å²) in [7, 11) is 1.73. The zero-order valence-corrected chi connectivity index (χ0v) is 14.5. The Morgan fingerprint density at radius 2 is 2.24 bits per heavy atom. The molecule has 2 aromatic rings. The third-order valence-corrected chi connectivity index (χ3v) is 4.54. The molecule has 0 aromatic carbocycles. The maximum absolute atomic E-state index is 12.6. The topological polar surface area (TPSA) is 85.2 Å². The highest BCUT2D eigenvalue weighted by atomic mass is 16.5. The van der Waals surface area contributed by atoms with Crippen molar-refractivity contribution in [2.45, 2.75) is 12.8 Å². The number of aromatic nitrogens is 4. The number of carbonyl (C=O) groups excluding carboxylic acids is 1. The number of rotatable bonds is 7. The van der Waals surface area contributed by atoms with Crippen molar-refractivity contribution < 1.29 is 9.53 Å². The molecule has 25 heavy (non-hydrogen) atoms. The first-order valence-electron chi connectivity index (χ1n) is 8.57. The van der Waals surface area contributed by atoms with Gasteiger partial charge in [0, 0.05) is 26.4 Å². The van der Waals surface area contributed by atoms with Crippen molar-refractivity contribution in [2.75, 3.05) is 39.9 Å². The van der Waals surface area contributed by atoms with E-state index in [2.05, 4.69) is 25.3 Å². The molecule has 0 saturated carbocycles. The smallest absolute Gasteiger partial charge is 0.255 e. The number of hydrogen-bond acceptors (Lipinski definition) is 6. The van der Waals surface area contributed by atoms with Crippen LogP contribution in [-0.4, -0.2) is 70.5 Å². The van der Waals surface area contributed by atoms with Crippen LogP contribution in [0.2, 0.25) is 0 Å². The molecule has 3 heterocycles. The van der Waals surface area contributed by atoms with E-state index in [9.17, 15) is 4.79 Å². The largest absolute Gasteiger partial charge is 0.383 e. The predicted molar refractivity (Wildman–Crippen MR) is 92.5 cm³/mol. The van der Waals surface area contributed by atoms with E-state index in [4.69, 9.17) is 4.74 Å². The van der Waals surface area contributed by atoms with Gasteiger partial charge in [-0.2, -0.15) is 5.10 Å². The van der Waals surface area contributed by atoms with Crippen LogP contribution in [0.15, 0.2) is 31.0 Å². The fraction of sp³-hybridized carbons (Fsp3) is 0.529. The Kier molecular flexibility index (Phi) is 6.08. The molecule has 1 aliphatic heterocycles. The maximum Gasteiger partial charge on any atom is 0.255 e. The number of hydrogen-bond donors (Lipinski definition) is 1. The SMILES string of the molecule is COCCN1CCC(CNC(=O)c2cccnc2-n2cncn2)CC1. The van der Waals surface area contributed by atoms with Gasteiger partial charge in [0.15, 0.2) is 5.82 Å². The number of nitrogens with zero attached hydrogens (tertiary/aromatic N) is 5. The third-order valence-electron chi connectivity index (χ3n) is 4.54. The van der Waals surface area contributed by atoms with Crippen LogP contribution in [0.5, 0.6) is 0 Å². The molecule has 1 saturated heterocycles. The highest BCUT2D eigenvalue weighted by molar-refractivity contribution is 5.97. The molecule has 0 unspecified atom stereocenters. The molecule has 2 aromatic heterocycles. The van der Waals surface area contributed by atoms with Crippen molar-refractivity contribution in [2.24, 2.45) is 5.92 Å². The van der Waals surface area contributed by atoms with Gasteiger partial charge in [-0.05, 0) is 44.0 Å². The molecule has 0 radical (unpaired) electrons. The average Bonchev–Trinajstić information content (AvgIpc) is 3.20. The predicted octanol–water partition coefficient (Wildman–Crippen LogP) is 0.750. The number of likely N-dealkylation sites (tertiary alicyclic amines) is 1. The molecule has 8 heteroatoms. The van der Waals surface area contributed by atoms with Gasteiger partial charge in [-0.25, -0.2) is 14.6 Å². The molecule has 1 amide bonds. The van der Waals surface area contributed by atoms with Crippen LogP contribution in [0.3, 0.4) is 0 Å². The molecule has 134 valence electrons. The summed E-state index contributed by atoms with van der Waals surface area (Å²) < 4.78 is 6.63. The van der Waals surface area contributed by atoms with Crippen molar-refractivity contribution in [1.82, 2.24) is 30.0 Å². The lowest BCUT2D eigenvalue weighted by atomic mass is 9.96. The van der Waals surface area contributed by atoms with Crippen molar-refractivity contribution in [3.05, 3.63) is 36.5 Å². The summed E-state index contributed by atoms with van der Waals surface area (Å²) in [5, 5.41) is 7.10. The quantitative estimate of drug-likeness (QED) is 0.798. The zero-order chi connectivity index (χ0) is 17.5. The van der Waals surface area contributed by atoms with Crippen LogP contribution in [0.4, 0.5) is 0 Å². The Bertz CT molecular complexity index is 668. The lowest BCUT2D eigenvalue weighted by Gasteiger charge is -2.31. The van der Waals surface area contributed by atoms with Gasteiger partial charge in [-0.15, -0.1) is 0 Å². The summed E-state index contributed by atoms with van der Waals surface area (Å²) in [4.78, 5) is 23.1. The highest BCUT2D eigenvalue weighted by Crippen LogP contribution is 2.16. The first kappa shape index (κ1) is 17.5. The van der Waals surface area contributed by atoms with Gasteiger partial charge in [-0.1, -0.05) is 0 Å². The Labute approximate surface area is 147 Å². The minimum Gasteiger partial charge on any atom is -0.383 e. The maximum atomic E-state index is 12.6. The van der Waals surface area contributed by atoms with Crippen LogP contribution in [-0.2, 0) is 4.74 Å². The fourth-order valence-corrected chi connectivity index (χ4v) is 3.04. The van der Waals surface area contributed by atoms with E-state index in [-0.39, 0.29) is 5.91 Å². The number of carbonyl (C=O) groups is 1. The molecule has 3 rings (SSSR count). The monoisotopic (exact) mass is 344 g/mol. The normalized spacial score (nSPS) is 16.0. The van der Waals surface area contributed by atoms with E-state index in [1.165, 1.54) is 17.3 Å². The molecule has 1 aliphatic rings. The summed E-state index contributed by atoms with van der Waals surface area (Å²) in [5.41, 5.74) is 0.505. The second kappa shape index (κ2) is 8.68. The molecule has 0 aliphatic carbocycles. The Balaban J connectivity index is 1.53. The van der Waals surface area contributed by atoms with E-state index >= 15 is 0 Å². The Morgan fingerprint density at radius 3 is 2.96 bits per heavy atom. The molecule has 0 bridgehead atoms. The van der Waals surface area contributed by atoms with Crippen molar-refractivity contribution in [3.63, 3.8) is 0 Å².